The Morgan fingerprint density at radius 3 is 2.03 bits per heavy atom. The van der Waals surface area contributed by atoms with Gasteiger partial charge in [-0.25, -0.2) is 0 Å². The summed E-state index contributed by atoms with van der Waals surface area (Å²) in [6, 6.07) is 21.1. The molecule has 1 atom stereocenters. The van der Waals surface area contributed by atoms with Gasteiger partial charge in [-0.05, 0) is 61.0 Å². The predicted molar refractivity (Wildman–Crippen MR) is 119 cm³/mol. The summed E-state index contributed by atoms with van der Waals surface area (Å²) in [4.78, 5) is 39.1. The molecule has 6 heteroatoms. The first-order valence-corrected chi connectivity index (χ1v) is 9.99. The van der Waals surface area contributed by atoms with Gasteiger partial charge < -0.3 is 5.11 Å². The molecule has 1 heterocycles. The highest BCUT2D eigenvalue weighted by Gasteiger charge is 2.46. The Morgan fingerprint density at radius 1 is 0.871 bits per heavy atom. The van der Waals surface area contributed by atoms with Gasteiger partial charge >= 0.3 is 0 Å². The minimum atomic E-state index is -0.819. The van der Waals surface area contributed by atoms with Crippen LogP contribution in [-0.2, 0) is 9.59 Å². The molecule has 1 amide bonds. The van der Waals surface area contributed by atoms with E-state index < -0.39 is 17.7 Å². The van der Waals surface area contributed by atoms with Gasteiger partial charge in [0.2, 0.25) is 0 Å². The number of hydrogen-bond acceptors (Lipinski definition) is 4. The molecule has 0 saturated carbocycles. The minimum Gasteiger partial charge on any atom is -0.507 e. The van der Waals surface area contributed by atoms with Crippen molar-refractivity contribution in [3.8, 4) is 0 Å². The smallest absolute Gasteiger partial charge is 0.300 e. The summed E-state index contributed by atoms with van der Waals surface area (Å²) in [5, 5.41) is 11.5. The fraction of sp³-hybridized carbons (Fsp3) is 0.0800. The van der Waals surface area contributed by atoms with Gasteiger partial charge in [0.05, 0.1) is 11.6 Å². The maximum Gasteiger partial charge on any atom is 0.300 e. The number of hydrogen-bond donors (Lipinski definition) is 1. The molecule has 0 bridgehead atoms. The average Bonchev–Trinajstić information content (AvgIpc) is 3.05. The quantitative estimate of drug-likeness (QED) is 0.267. The molecule has 5 nitrogen and oxygen atoms in total. The number of nitrogens with zero attached hydrogens (tertiary/aromatic N) is 1. The number of carbonyl (C=O) groups excluding carboxylic acids is 3. The van der Waals surface area contributed by atoms with E-state index in [1.807, 2.05) is 6.07 Å². The zero-order valence-electron chi connectivity index (χ0n) is 16.6. The third-order valence-electron chi connectivity index (χ3n) is 5.23. The van der Waals surface area contributed by atoms with Gasteiger partial charge in [0.15, 0.2) is 5.78 Å². The number of halogens is 1. The van der Waals surface area contributed by atoms with Crippen LogP contribution < -0.4 is 4.90 Å². The normalized spacial score (nSPS) is 17.7. The third-order valence-corrected chi connectivity index (χ3v) is 5.48. The van der Waals surface area contributed by atoms with Crippen LogP contribution in [0.2, 0.25) is 5.02 Å². The van der Waals surface area contributed by atoms with Gasteiger partial charge in [0.25, 0.3) is 11.7 Å². The Bertz CT molecular complexity index is 1200. The molecule has 0 spiro atoms. The van der Waals surface area contributed by atoms with Crippen molar-refractivity contribution in [2.45, 2.75) is 13.0 Å². The second-order valence-electron chi connectivity index (χ2n) is 7.19. The topological polar surface area (TPSA) is 74.7 Å². The number of Topliss-reactive ketones (excluding diaryl/α,β-unsaturated/α-hetero) is 2. The molecule has 0 aliphatic carbocycles. The SMILES string of the molecule is CC(=O)c1ccc(N2C(=O)C(=O)/C(=C(/O)c3ccc(Cl)cc3)[C@@H]2c2ccccc2)cc1. The van der Waals surface area contributed by atoms with Crippen molar-refractivity contribution < 1.29 is 19.5 Å². The Kier molecular flexibility index (Phi) is 5.44. The molecule has 0 unspecified atom stereocenters. The van der Waals surface area contributed by atoms with Crippen LogP contribution in [0.25, 0.3) is 5.76 Å². The van der Waals surface area contributed by atoms with Gasteiger partial charge in [0, 0.05) is 21.8 Å². The van der Waals surface area contributed by atoms with E-state index in [1.165, 1.54) is 11.8 Å². The van der Waals surface area contributed by atoms with Crippen molar-refractivity contribution >= 4 is 40.5 Å². The molecule has 1 aliphatic heterocycles. The number of rotatable bonds is 4. The van der Waals surface area contributed by atoms with Crippen LogP contribution in [0.3, 0.4) is 0 Å². The summed E-state index contributed by atoms with van der Waals surface area (Å²) in [5.41, 5.74) is 2.01. The first-order valence-electron chi connectivity index (χ1n) is 9.61. The zero-order valence-corrected chi connectivity index (χ0v) is 17.3. The van der Waals surface area contributed by atoms with E-state index in [0.717, 1.165) is 0 Å². The lowest BCUT2D eigenvalue weighted by Crippen LogP contribution is -2.29. The predicted octanol–water partition coefficient (Wildman–Crippen LogP) is 5.17. The second-order valence-corrected chi connectivity index (χ2v) is 7.63. The van der Waals surface area contributed by atoms with Crippen molar-refractivity contribution in [2.75, 3.05) is 4.90 Å². The molecule has 1 fully saturated rings. The van der Waals surface area contributed by atoms with E-state index in [1.54, 1.807) is 72.8 Å². The molecule has 31 heavy (non-hydrogen) atoms. The van der Waals surface area contributed by atoms with E-state index in [4.69, 9.17) is 11.6 Å². The van der Waals surface area contributed by atoms with Crippen LogP contribution in [0, 0.1) is 0 Å². The molecule has 0 aromatic heterocycles. The highest BCUT2D eigenvalue weighted by Crippen LogP contribution is 2.42. The van der Waals surface area contributed by atoms with Gasteiger partial charge in [-0.2, -0.15) is 0 Å². The van der Waals surface area contributed by atoms with E-state index >= 15 is 0 Å². The summed E-state index contributed by atoms with van der Waals surface area (Å²) in [7, 11) is 0. The van der Waals surface area contributed by atoms with Crippen molar-refractivity contribution in [3.63, 3.8) is 0 Å². The van der Waals surface area contributed by atoms with Gasteiger partial charge in [-0.3, -0.25) is 19.3 Å². The van der Waals surface area contributed by atoms with Crippen LogP contribution in [0.15, 0.2) is 84.4 Å². The number of aliphatic hydroxyl groups is 1. The summed E-state index contributed by atoms with van der Waals surface area (Å²) in [6.45, 7) is 1.46. The summed E-state index contributed by atoms with van der Waals surface area (Å²) in [6.07, 6.45) is 0. The number of amides is 1. The molecule has 3 aromatic carbocycles. The van der Waals surface area contributed by atoms with Crippen molar-refractivity contribution in [2.24, 2.45) is 0 Å². The number of ketones is 2. The highest BCUT2D eigenvalue weighted by molar-refractivity contribution is 6.51. The van der Waals surface area contributed by atoms with Crippen molar-refractivity contribution in [3.05, 3.63) is 106 Å². The molecular weight excluding hydrogens is 414 g/mol. The first kappa shape index (κ1) is 20.6. The summed E-state index contributed by atoms with van der Waals surface area (Å²) in [5.74, 6) is -1.90. The molecule has 3 aromatic rings. The average molecular weight is 432 g/mol. The zero-order chi connectivity index (χ0) is 22.1. The largest absolute Gasteiger partial charge is 0.507 e. The standard InChI is InChI=1S/C25H18ClNO4/c1-15(28)16-9-13-20(14-10-16)27-22(17-5-3-2-4-6-17)21(24(30)25(27)31)23(29)18-7-11-19(26)12-8-18/h2-14,22,29H,1H3/b23-21+/t22-/m0/s1. The molecule has 4 rings (SSSR count). The maximum atomic E-state index is 13.1. The Hall–Kier alpha value is -3.70. The Balaban J connectivity index is 1.90. The van der Waals surface area contributed by atoms with Crippen LogP contribution >= 0.6 is 11.6 Å². The van der Waals surface area contributed by atoms with Crippen LogP contribution in [0.1, 0.15) is 34.5 Å². The van der Waals surface area contributed by atoms with E-state index in [2.05, 4.69) is 0 Å². The molecule has 0 radical (unpaired) electrons. The lowest BCUT2D eigenvalue weighted by Gasteiger charge is -2.25. The van der Waals surface area contributed by atoms with Crippen LogP contribution in [0.4, 0.5) is 5.69 Å². The summed E-state index contributed by atoms with van der Waals surface area (Å²) < 4.78 is 0. The maximum absolute atomic E-state index is 13.1. The Morgan fingerprint density at radius 2 is 1.45 bits per heavy atom. The van der Waals surface area contributed by atoms with Crippen LogP contribution in [0.5, 0.6) is 0 Å². The lowest BCUT2D eigenvalue weighted by molar-refractivity contribution is -0.132. The fourth-order valence-electron chi connectivity index (χ4n) is 3.67. The number of aliphatic hydroxyl groups excluding tert-OH is 1. The molecule has 1 N–H and O–H groups in total. The fourth-order valence-corrected chi connectivity index (χ4v) is 3.80. The van der Waals surface area contributed by atoms with Gasteiger partial charge in [-0.1, -0.05) is 41.9 Å². The highest BCUT2D eigenvalue weighted by atomic mass is 35.5. The van der Waals surface area contributed by atoms with Gasteiger partial charge in [-0.15, -0.1) is 0 Å². The third kappa shape index (κ3) is 3.76. The first-order chi connectivity index (χ1) is 14.9. The minimum absolute atomic E-state index is 0.00540. The summed E-state index contributed by atoms with van der Waals surface area (Å²) >= 11 is 5.94. The number of carbonyl (C=O) groups is 3. The second kappa shape index (κ2) is 8.20. The number of anilines is 1. The molecular formula is C25H18ClNO4. The Labute approximate surface area is 184 Å². The monoisotopic (exact) mass is 431 g/mol. The molecule has 154 valence electrons. The van der Waals surface area contributed by atoms with Gasteiger partial charge in [0.1, 0.15) is 5.76 Å². The van der Waals surface area contributed by atoms with E-state index in [9.17, 15) is 19.5 Å². The van der Waals surface area contributed by atoms with E-state index in [-0.39, 0.29) is 17.1 Å². The van der Waals surface area contributed by atoms with Crippen molar-refractivity contribution in [1.82, 2.24) is 0 Å². The van der Waals surface area contributed by atoms with E-state index in [0.29, 0.717) is 27.4 Å². The van der Waals surface area contributed by atoms with Crippen molar-refractivity contribution in [1.29, 1.82) is 0 Å². The number of benzene rings is 3. The van der Waals surface area contributed by atoms with Crippen LogP contribution in [-0.4, -0.2) is 22.6 Å². The molecule has 1 saturated heterocycles. The lowest BCUT2D eigenvalue weighted by atomic mass is 9.95. The molecule has 1 aliphatic rings.